The molecule has 0 bridgehead atoms. The van der Waals surface area contributed by atoms with E-state index in [2.05, 4.69) is 10.6 Å². The van der Waals surface area contributed by atoms with Gasteiger partial charge in [-0.05, 0) is 24.6 Å². The second kappa shape index (κ2) is 6.53. The highest BCUT2D eigenvalue weighted by molar-refractivity contribution is 5.94. The molecule has 0 aliphatic heterocycles. The summed E-state index contributed by atoms with van der Waals surface area (Å²) < 4.78 is 0. The van der Waals surface area contributed by atoms with E-state index in [9.17, 15) is 14.4 Å². The van der Waals surface area contributed by atoms with E-state index in [0.29, 0.717) is 11.3 Å². The van der Waals surface area contributed by atoms with Crippen molar-refractivity contribution in [1.82, 2.24) is 5.32 Å². The van der Waals surface area contributed by atoms with E-state index in [0.717, 1.165) is 0 Å². The zero-order chi connectivity index (χ0) is 14.4. The molecule has 0 aliphatic rings. The van der Waals surface area contributed by atoms with E-state index in [1.165, 1.54) is 13.0 Å². The van der Waals surface area contributed by atoms with Crippen molar-refractivity contribution in [1.29, 1.82) is 0 Å². The summed E-state index contributed by atoms with van der Waals surface area (Å²) in [4.78, 5) is 33.1. The molecule has 0 saturated heterocycles. The number of amides is 2. The third-order valence-electron chi connectivity index (χ3n) is 2.48. The first kappa shape index (κ1) is 14.7. The van der Waals surface area contributed by atoms with Gasteiger partial charge in [0.15, 0.2) is 0 Å². The molecule has 19 heavy (non-hydrogen) atoms. The molecule has 102 valence electrons. The first-order valence-corrected chi connectivity index (χ1v) is 5.78. The van der Waals surface area contributed by atoms with Crippen molar-refractivity contribution in [2.24, 2.45) is 0 Å². The van der Waals surface area contributed by atoms with Gasteiger partial charge in [-0.3, -0.25) is 9.59 Å². The molecule has 6 heteroatoms. The predicted molar refractivity (Wildman–Crippen MR) is 70.1 cm³/mol. The van der Waals surface area contributed by atoms with Gasteiger partial charge >= 0.3 is 5.97 Å². The molecule has 3 N–H and O–H groups in total. The lowest BCUT2D eigenvalue weighted by Gasteiger charge is -2.08. The lowest BCUT2D eigenvalue weighted by Crippen LogP contribution is -2.25. The Kier molecular flexibility index (Phi) is 5.05. The molecule has 6 nitrogen and oxygen atoms in total. The van der Waals surface area contributed by atoms with Crippen molar-refractivity contribution < 1.29 is 19.5 Å². The summed E-state index contributed by atoms with van der Waals surface area (Å²) in [6.07, 6.45) is 0.135. The van der Waals surface area contributed by atoms with Gasteiger partial charge in [-0.15, -0.1) is 0 Å². The lowest BCUT2D eigenvalue weighted by molar-refractivity contribution is -0.119. The SMILES string of the molecule is CC(=O)NCCC(=O)Nc1ccc(C)c(C(=O)O)c1. The van der Waals surface area contributed by atoms with Crippen molar-refractivity contribution in [2.45, 2.75) is 20.3 Å². The minimum Gasteiger partial charge on any atom is -0.478 e. The number of carbonyl (C=O) groups is 3. The Morgan fingerprint density at radius 1 is 1.26 bits per heavy atom. The number of aryl methyl sites for hydroxylation is 1. The molecule has 1 rings (SSSR count). The van der Waals surface area contributed by atoms with Gasteiger partial charge in [0.2, 0.25) is 11.8 Å². The van der Waals surface area contributed by atoms with E-state index in [4.69, 9.17) is 5.11 Å². The van der Waals surface area contributed by atoms with E-state index in [1.54, 1.807) is 19.1 Å². The summed E-state index contributed by atoms with van der Waals surface area (Å²) in [6, 6.07) is 4.68. The van der Waals surface area contributed by atoms with Gasteiger partial charge in [-0.2, -0.15) is 0 Å². The molecule has 0 unspecified atom stereocenters. The molecule has 0 saturated carbocycles. The number of aromatic carboxylic acids is 1. The molecule has 1 aromatic carbocycles. The maximum atomic E-state index is 11.6. The molecule has 1 aromatic rings. The fraction of sp³-hybridized carbons (Fsp3) is 0.308. The topological polar surface area (TPSA) is 95.5 Å². The first-order chi connectivity index (χ1) is 8.90. The van der Waals surface area contributed by atoms with E-state index >= 15 is 0 Å². The van der Waals surface area contributed by atoms with Crippen LogP contribution in [0.25, 0.3) is 0 Å². The minimum atomic E-state index is -1.04. The molecule has 0 atom stereocenters. The Bertz CT molecular complexity index is 511. The average molecular weight is 264 g/mol. The molecule has 0 aliphatic carbocycles. The lowest BCUT2D eigenvalue weighted by atomic mass is 10.1. The van der Waals surface area contributed by atoms with Crippen LogP contribution in [0.15, 0.2) is 18.2 Å². The fourth-order valence-electron chi connectivity index (χ4n) is 1.51. The van der Waals surface area contributed by atoms with Gasteiger partial charge in [-0.1, -0.05) is 6.07 Å². The second-order valence-electron chi connectivity index (χ2n) is 4.12. The number of hydrogen-bond donors (Lipinski definition) is 3. The molecule has 0 radical (unpaired) electrons. The molecular weight excluding hydrogens is 248 g/mol. The maximum absolute atomic E-state index is 11.6. The summed E-state index contributed by atoms with van der Waals surface area (Å²) in [5, 5.41) is 14.1. The van der Waals surface area contributed by atoms with Crippen LogP contribution in [-0.4, -0.2) is 29.4 Å². The largest absolute Gasteiger partial charge is 0.478 e. The Morgan fingerprint density at radius 3 is 2.53 bits per heavy atom. The number of nitrogens with one attached hydrogen (secondary N) is 2. The summed E-state index contributed by atoms with van der Waals surface area (Å²) in [5.74, 6) is -1.52. The van der Waals surface area contributed by atoms with Gasteiger partial charge in [0.05, 0.1) is 5.56 Å². The Hall–Kier alpha value is -2.37. The average Bonchev–Trinajstić information content (AvgIpc) is 2.30. The Balaban J connectivity index is 2.62. The number of rotatable bonds is 5. The van der Waals surface area contributed by atoms with Crippen LogP contribution in [0.4, 0.5) is 5.69 Å². The molecular formula is C13H16N2O4. The monoisotopic (exact) mass is 264 g/mol. The quantitative estimate of drug-likeness (QED) is 0.743. The Morgan fingerprint density at radius 2 is 1.95 bits per heavy atom. The van der Waals surface area contributed by atoms with Crippen molar-refractivity contribution in [3.63, 3.8) is 0 Å². The third-order valence-corrected chi connectivity index (χ3v) is 2.48. The van der Waals surface area contributed by atoms with Crippen molar-refractivity contribution in [3.8, 4) is 0 Å². The summed E-state index contributed by atoms with van der Waals surface area (Å²) in [5.41, 5.74) is 1.21. The van der Waals surface area contributed by atoms with Crippen LogP contribution < -0.4 is 10.6 Å². The molecule has 0 fully saturated rings. The van der Waals surface area contributed by atoms with Crippen LogP contribution in [-0.2, 0) is 9.59 Å². The van der Waals surface area contributed by atoms with Gasteiger partial charge in [0, 0.05) is 25.6 Å². The second-order valence-corrected chi connectivity index (χ2v) is 4.12. The maximum Gasteiger partial charge on any atom is 0.336 e. The summed E-state index contributed by atoms with van der Waals surface area (Å²) in [7, 11) is 0. The smallest absolute Gasteiger partial charge is 0.336 e. The van der Waals surface area contributed by atoms with Crippen LogP contribution >= 0.6 is 0 Å². The highest BCUT2D eigenvalue weighted by Gasteiger charge is 2.09. The van der Waals surface area contributed by atoms with Crippen LogP contribution in [0.3, 0.4) is 0 Å². The van der Waals surface area contributed by atoms with Crippen LogP contribution in [0, 0.1) is 6.92 Å². The summed E-state index contributed by atoms with van der Waals surface area (Å²) >= 11 is 0. The number of hydrogen-bond acceptors (Lipinski definition) is 3. The fourth-order valence-corrected chi connectivity index (χ4v) is 1.51. The van der Waals surface area contributed by atoms with Crippen molar-refractivity contribution in [2.75, 3.05) is 11.9 Å². The molecule has 0 aromatic heterocycles. The zero-order valence-corrected chi connectivity index (χ0v) is 10.8. The van der Waals surface area contributed by atoms with Gasteiger partial charge in [-0.25, -0.2) is 4.79 Å². The zero-order valence-electron chi connectivity index (χ0n) is 10.8. The van der Waals surface area contributed by atoms with Gasteiger partial charge in [0.1, 0.15) is 0 Å². The summed E-state index contributed by atoms with van der Waals surface area (Å²) in [6.45, 7) is 3.31. The number of carbonyl (C=O) groups excluding carboxylic acids is 2. The Labute approximate surface area is 110 Å². The molecule has 0 spiro atoms. The minimum absolute atomic E-state index is 0.135. The number of anilines is 1. The number of benzene rings is 1. The van der Waals surface area contributed by atoms with E-state index < -0.39 is 5.97 Å². The number of carboxylic acid groups (broad SMARTS) is 1. The van der Waals surface area contributed by atoms with E-state index in [1.807, 2.05) is 0 Å². The highest BCUT2D eigenvalue weighted by Crippen LogP contribution is 2.15. The highest BCUT2D eigenvalue weighted by atomic mass is 16.4. The van der Waals surface area contributed by atoms with Crippen LogP contribution in [0.2, 0.25) is 0 Å². The van der Waals surface area contributed by atoms with Crippen LogP contribution in [0.5, 0.6) is 0 Å². The predicted octanol–water partition coefficient (Wildman–Crippen LogP) is 1.16. The van der Waals surface area contributed by atoms with Crippen molar-refractivity contribution in [3.05, 3.63) is 29.3 Å². The molecule has 2 amide bonds. The third kappa shape index (κ3) is 4.79. The molecule has 0 heterocycles. The van der Waals surface area contributed by atoms with Crippen LogP contribution in [0.1, 0.15) is 29.3 Å². The number of carboxylic acids is 1. The van der Waals surface area contributed by atoms with Gasteiger partial charge in [0.25, 0.3) is 0 Å². The van der Waals surface area contributed by atoms with E-state index in [-0.39, 0.29) is 30.3 Å². The normalized spacial score (nSPS) is 9.79. The first-order valence-electron chi connectivity index (χ1n) is 5.78. The van der Waals surface area contributed by atoms with Gasteiger partial charge < -0.3 is 15.7 Å². The standard InChI is InChI=1S/C13H16N2O4/c1-8-3-4-10(7-11(8)13(18)19)15-12(17)5-6-14-9(2)16/h3-4,7H,5-6H2,1-2H3,(H,14,16)(H,15,17)(H,18,19). The van der Waals surface area contributed by atoms with Crippen molar-refractivity contribution >= 4 is 23.5 Å².